The van der Waals surface area contributed by atoms with Gasteiger partial charge >= 0.3 is 5.69 Å². The molecule has 68 valence electrons. The average Bonchev–Trinajstić information content (AvgIpc) is 2.35. The number of hydrogen-bond acceptors (Lipinski definition) is 2. The molecule has 0 fully saturated rings. The lowest BCUT2D eigenvalue weighted by atomic mass is 10.1. The Morgan fingerprint density at radius 1 is 1.58 bits per heavy atom. The highest BCUT2D eigenvalue weighted by Gasteiger charge is 2.04. The number of rotatable bonds is 3. The second-order valence-corrected chi connectivity index (χ2v) is 3.37. The zero-order valence-electron chi connectivity index (χ0n) is 7.26. The minimum absolute atomic E-state index is 0.152. The summed E-state index contributed by atoms with van der Waals surface area (Å²) in [5.74, 6) is 0.480. The van der Waals surface area contributed by atoms with Crippen LogP contribution in [-0.4, -0.2) is 14.8 Å². The van der Waals surface area contributed by atoms with Gasteiger partial charge in [0.1, 0.15) is 0 Å². The van der Waals surface area contributed by atoms with Crippen molar-refractivity contribution in [3.63, 3.8) is 0 Å². The van der Waals surface area contributed by atoms with Crippen LogP contribution in [-0.2, 0) is 6.54 Å². The molecule has 1 rings (SSSR count). The minimum atomic E-state index is -0.152. The topological polar surface area (TPSA) is 53.6 Å². The highest BCUT2D eigenvalue weighted by Crippen LogP contribution is 2.02. The molecule has 0 radical (unpaired) electrons. The lowest BCUT2D eigenvalue weighted by Gasteiger charge is -2.06. The quantitative estimate of drug-likeness (QED) is 0.700. The van der Waals surface area contributed by atoms with E-state index in [4.69, 9.17) is 12.2 Å². The van der Waals surface area contributed by atoms with Crippen LogP contribution in [0.25, 0.3) is 0 Å². The van der Waals surface area contributed by atoms with Crippen molar-refractivity contribution >= 4 is 12.2 Å². The van der Waals surface area contributed by atoms with Gasteiger partial charge in [0.05, 0.1) is 0 Å². The molecule has 5 heteroatoms. The minimum Gasteiger partial charge on any atom is -0.272 e. The van der Waals surface area contributed by atoms with Crippen LogP contribution in [0.5, 0.6) is 0 Å². The summed E-state index contributed by atoms with van der Waals surface area (Å²) < 4.78 is 2.02. The number of H-pyrrole nitrogens is 2. The smallest absolute Gasteiger partial charge is 0.272 e. The molecule has 2 N–H and O–H groups in total. The average molecular weight is 187 g/mol. The van der Waals surface area contributed by atoms with Gasteiger partial charge in [0.2, 0.25) is 0 Å². The van der Waals surface area contributed by atoms with Crippen LogP contribution in [0, 0.1) is 10.7 Å². The van der Waals surface area contributed by atoms with Crippen molar-refractivity contribution in [2.45, 2.75) is 26.8 Å². The first-order valence-electron chi connectivity index (χ1n) is 4.02. The first-order valence-corrected chi connectivity index (χ1v) is 4.43. The van der Waals surface area contributed by atoms with E-state index in [1.165, 1.54) is 0 Å². The Labute approximate surface area is 75.6 Å². The van der Waals surface area contributed by atoms with E-state index in [0.717, 1.165) is 6.42 Å². The maximum Gasteiger partial charge on any atom is 0.342 e. The van der Waals surface area contributed by atoms with Gasteiger partial charge in [0.15, 0.2) is 4.77 Å². The molecule has 0 aliphatic heterocycles. The molecular weight excluding hydrogens is 174 g/mol. The van der Waals surface area contributed by atoms with Crippen LogP contribution in [0.2, 0.25) is 0 Å². The SMILES string of the molecule is CC[C@@H](C)Cn1c(=O)[nH][nH]c1=S. The third kappa shape index (κ3) is 1.85. The number of hydrogen-bond donors (Lipinski definition) is 2. The van der Waals surface area contributed by atoms with E-state index in [1.807, 2.05) is 0 Å². The van der Waals surface area contributed by atoms with Gasteiger partial charge in [-0.05, 0) is 18.1 Å². The highest BCUT2D eigenvalue weighted by atomic mass is 32.1. The van der Waals surface area contributed by atoms with Gasteiger partial charge in [0.25, 0.3) is 0 Å². The molecule has 0 aromatic carbocycles. The van der Waals surface area contributed by atoms with E-state index in [-0.39, 0.29) is 5.69 Å². The zero-order chi connectivity index (χ0) is 9.14. The van der Waals surface area contributed by atoms with Crippen LogP contribution in [0.1, 0.15) is 20.3 Å². The third-order valence-electron chi connectivity index (χ3n) is 1.96. The van der Waals surface area contributed by atoms with E-state index in [9.17, 15) is 4.79 Å². The summed E-state index contributed by atoms with van der Waals surface area (Å²) in [7, 11) is 0. The van der Waals surface area contributed by atoms with Crippen molar-refractivity contribution in [1.82, 2.24) is 14.8 Å². The Hall–Kier alpha value is -0.840. The van der Waals surface area contributed by atoms with Crippen molar-refractivity contribution in [2.75, 3.05) is 0 Å². The summed E-state index contributed by atoms with van der Waals surface area (Å²) in [6.45, 7) is 4.87. The molecule has 0 aliphatic rings. The molecule has 1 aromatic rings. The predicted octanol–water partition coefficient (Wildman–Crippen LogP) is 1.28. The van der Waals surface area contributed by atoms with E-state index in [1.54, 1.807) is 4.57 Å². The molecule has 0 amide bonds. The molecule has 1 aromatic heterocycles. The van der Waals surface area contributed by atoms with Gasteiger partial charge in [-0.1, -0.05) is 20.3 Å². The fourth-order valence-electron chi connectivity index (χ4n) is 0.941. The molecular formula is C7H13N3OS. The van der Waals surface area contributed by atoms with Crippen molar-refractivity contribution in [2.24, 2.45) is 5.92 Å². The molecule has 0 aliphatic carbocycles. The number of aromatic amines is 2. The lowest BCUT2D eigenvalue weighted by Crippen LogP contribution is -2.20. The van der Waals surface area contributed by atoms with Gasteiger partial charge in [-0.2, -0.15) is 0 Å². The standard InChI is InChI=1S/C7H13N3OS/c1-3-5(2)4-10-6(11)8-9-7(10)12/h5H,3-4H2,1-2H3,(H,8,11)(H,9,12)/t5-/m1/s1. The summed E-state index contributed by atoms with van der Waals surface area (Å²) in [6.07, 6.45) is 1.05. The first kappa shape index (κ1) is 9.25. The Morgan fingerprint density at radius 2 is 2.25 bits per heavy atom. The van der Waals surface area contributed by atoms with Gasteiger partial charge in [0, 0.05) is 6.54 Å². The number of aromatic nitrogens is 3. The molecule has 4 nitrogen and oxygen atoms in total. The first-order chi connectivity index (χ1) is 5.65. The summed E-state index contributed by atoms with van der Waals surface area (Å²) in [5.41, 5.74) is -0.152. The van der Waals surface area contributed by atoms with Crippen LogP contribution >= 0.6 is 12.2 Å². The third-order valence-corrected chi connectivity index (χ3v) is 2.28. The van der Waals surface area contributed by atoms with Crippen LogP contribution in [0.4, 0.5) is 0 Å². The molecule has 1 heterocycles. The van der Waals surface area contributed by atoms with Gasteiger partial charge < -0.3 is 0 Å². The molecule has 12 heavy (non-hydrogen) atoms. The Bertz CT molecular complexity index is 321. The van der Waals surface area contributed by atoms with Crippen LogP contribution in [0.15, 0.2) is 4.79 Å². The largest absolute Gasteiger partial charge is 0.342 e. The fraction of sp³-hybridized carbons (Fsp3) is 0.714. The second kappa shape index (κ2) is 3.71. The van der Waals surface area contributed by atoms with Crippen molar-refractivity contribution in [3.8, 4) is 0 Å². The summed E-state index contributed by atoms with van der Waals surface area (Å²) >= 11 is 4.92. The van der Waals surface area contributed by atoms with E-state index in [0.29, 0.717) is 17.2 Å². The molecule has 0 bridgehead atoms. The molecule has 1 atom stereocenters. The Balaban J connectivity index is 2.88. The maximum absolute atomic E-state index is 11.1. The Kier molecular flexibility index (Phi) is 2.86. The molecule has 0 spiro atoms. The zero-order valence-corrected chi connectivity index (χ0v) is 8.07. The van der Waals surface area contributed by atoms with Gasteiger partial charge in [-0.25, -0.2) is 9.89 Å². The monoisotopic (exact) mass is 187 g/mol. The number of nitrogens with zero attached hydrogens (tertiary/aromatic N) is 1. The molecule has 0 saturated carbocycles. The fourth-order valence-corrected chi connectivity index (χ4v) is 1.15. The predicted molar refractivity (Wildman–Crippen MR) is 49.7 cm³/mol. The van der Waals surface area contributed by atoms with E-state index in [2.05, 4.69) is 24.0 Å². The normalized spacial score (nSPS) is 13.2. The second-order valence-electron chi connectivity index (χ2n) is 2.98. The summed E-state index contributed by atoms with van der Waals surface area (Å²) in [4.78, 5) is 11.1. The summed E-state index contributed by atoms with van der Waals surface area (Å²) in [5, 5.41) is 5.05. The maximum atomic E-state index is 11.1. The van der Waals surface area contributed by atoms with Crippen molar-refractivity contribution in [1.29, 1.82) is 0 Å². The van der Waals surface area contributed by atoms with Crippen molar-refractivity contribution in [3.05, 3.63) is 15.3 Å². The van der Waals surface area contributed by atoms with E-state index >= 15 is 0 Å². The van der Waals surface area contributed by atoms with Gasteiger partial charge in [-0.15, -0.1) is 0 Å². The highest BCUT2D eigenvalue weighted by molar-refractivity contribution is 7.71. The lowest BCUT2D eigenvalue weighted by molar-refractivity contribution is 0.457. The van der Waals surface area contributed by atoms with Crippen molar-refractivity contribution < 1.29 is 0 Å². The van der Waals surface area contributed by atoms with Gasteiger partial charge in [-0.3, -0.25) is 9.67 Å². The Morgan fingerprint density at radius 3 is 2.67 bits per heavy atom. The number of nitrogens with one attached hydrogen (secondary N) is 2. The van der Waals surface area contributed by atoms with Crippen LogP contribution < -0.4 is 5.69 Å². The van der Waals surface area contributed by atoms with Crippen LogP contribution in [0.3, 0.4) is 0 Å². The molecule has 0 unspecified atom stereocenters. The molecule has 0 saturated heterocycles. The summed E-state index contributed by atoms with van der Waals surface area (Å²) in [6, 6.07) is 0. The van der Waals surface area contributed by atoms with E-state index < -0.39 is 0 Å².